The minimum Gasteiger partial charge on any atom is -0.164 e. The Balaban J connectivity index is 0.000000187. The fraction of sp³-hybridized carbons (Fsp3) is 0.0345. The van der Waals surface area contributed by atoms with Gasteiger partial charge in [-0.3, -0.25) is 0 Å². The van der Waals surface area contributed by atoms with Gasteiger partial charge in [0.15, 0.2) is 0 Å². The molecule has 2 radical (unpaired) electrons. The van der Waals surface area contributed by atoms with E-state index in [1.54, 1.807) is 0 Å². The van der Waals surface area contributed by atoms with E-state index in [0.717, 1.165) is 12.8 Å². The first kappa shape index (κ1) is 43.7. The van der Waals surface area contributed by atoms with E-state index in [1.807, 2.05) is 0 Å². The van der Waals surface area contributed by atoms with Crippen molar-refractivity contribution in [1.29, 1.82) is 0 Å². The molecular weight excluding hydrogens is 816 g/mol. The van der Waals surface area contributed by atoms with Gasteiger partial charge in [-0.15, -0.1) is 44.8 Å². The number of benzene rings is 8. The maximum atomic E-state index is 3.06. The summed E-state index contributed by atoms with van der Waals surface area (Å²) in [6.07, 6.45) is 1.91. The summed E-state index contributed by atoms with van der Waals surface area (Å²) < 4.78 is 0. The van der Waals surface area contributed by atoms with Crippen LogP contribution in [0.15, 0.2) is 231 Å². The van der Waals surface area contributed by atoms with E-state index in [0.29, 0.717) is 0 Å². The van der Waals surface area contributed by atoms with Gasteiger partial charge in [0.05, 0.1) is 0 Å². The molecular formula is C58H48SiZr-4. The van der Waals surface area contributed by atoms with Crippen molar-refractivity contribution in [1.82, 2.24) is 0 Å². The molecule has 0 fully saturated rings. The second-order valence-corrected chi connectivity index (χ2v) is 14.5. The minimum atomic E-state index is 0. The predicted molar refractivity (Wildman–Crippen MR) is 258 cm³/mol. The van der Waals surface area contributed by atoms with Crippen molar-refractivity contribution in [3.05, 3.63) is 268 Å². The first-order valence-electron chi connectivity index (χ1n) is 19.8. The van der Waals surface area contributed by atoms with Crippen molar-refractivity contribution < 1.29 is 23.3 Å². The largest absolute Gasteiger partial charge is 0.164 e. The molecule has 0 atom stereocenters. The standard InChI is InChI=1S/2C28H21.2CH3.Si.Zr/c2*1-4-10-21(11-5-1)18-22-19-27-25(23-12-6-2-7-13-23)16-17-26(28(27)20-22)24-14-8-3-9-15-24;;;;/h2*1-17,19-20H,18H2;2*1H3;;/q4*-1;;. The first-order chi connectivity index (χ1) is 28.8. The summed E-state index contributed by atoms with van der Waals surface area (Å²) >= 11 is 1.36. The van der Waals surface area contributed by atoms with E-state index in [1.165, 1.54) is 112 Å². The predicted octanol–water partition coefficient (Wildman–Crippen LogP) is 15.5. The first-order valence-corrected chi connectivity index (χ1v) is 23.9. The summed E-state index contributed by atoms with van der Waals surface area (Å²) in [5.41, 5.74) is 15.7. The van der Waals surface area contributed by atoms with Crippen LogP contribution in [0.4, 0.5) is 0 Å². The van der Waals surface area contributed by atoms with E-state index in [9.17, 15) is 0 Å². The van der Waals surface area contributed by atoms with E-state index < -0.39 is 0 Å². The molecule has 10 rings (SSSR count). The second kappa shape index (κ2) is 21.4. The van der Waals surface area contributed by atoms with Crippen LogP contribution in [-0.2, 0) is 36.2 Å². The molecule has 0 saturated carbocycles. The Bertz CT molecular complexity index is 2470. The molecule has 0 unspecified atom stereocenters. The van der Waals surface area contributed by atoms with Crippen molar-refractivity contribution >= 4 is 28.4 Å². The van der Waals surface area contributed by atoms with E-state index >= 15 is 0 Å². The zero-order chi connectivity index (χ0) is 39.5. The minimum absolute atomic E-state index is 0. The summed E-state index contributed by atoms with van der Waals surface area (Å²) in [6, 6.07) is 82.7. The Labute approximate surface area is 374 Å². The van der Waals surface area contributed by atoms with Crippen LogP contribution in [0.5, 0.6) is 0 Å². The van der Waals surface area contributed by atoms with Crippen molar-refractivity contribution in [3.8, 4) is 44.5 Å². The van der Waals surface area contributed by atoms with Crippen molar-refractivity contribution in [2.24, 2.45) is 0 Å². The smallest absolute Gasteiger partial charge is 0.0204 e. The van der Waals surface area contributed by atoms with Crippen molar-refractivity contribution in [3.63, 3.8) is 0 Å². The SMILES string of the molecule is [CH3-].[CH3-].[Si]=[Zr].c1ccc(Cc2cc3c(-c4ccccc4)ccc(-c4ccccc4)c3[cH-]2)cc1.c1ccc(Cc2cc3c(-c4ccccc4)ccc(-c4ccccc4)c3[cH-]2)cc1. The van der Waals surface area contributed by atoms with Crippen molar-refractivity contribution in [2.45, 2.75) is 12.8 Å². The Morgan fingerprint density at radius 1 is 0.317 bits per heavy atom. The van der Waals surface area contributed by atoms with E-state index in [4.69, 9.17) is 0 Å². The molecule has 10 aromatic rings. The van der Waals surface area contributed by atoms with Crippen LogP contribution in [0, 0.1) is 14.9 Å². The maximum absolute atomic E-state index is 3.06. The Kier molecular flexibility index (Phi) is 15.5. The van der Waals surface area contributed by atoms with Gasteiger partial charge in [-0.25, -0.2) is 0 Å². The summed E-state index contributed by atoms with van der Waals surface area (Å²) in [5.74, 6) is 0. The van der Waals surface area contributed by atoms with Crippen LogP contribution in [0.1, 0.15) is 22.3 Å². The normalized spacial score (nSPS) is 10.3. The topological polar surface area (TPSA) is 0 Å². The van der Waals surface area contributed by atoms with E-state index in [-0.39, 0.29) is 14.9 Å². The number of fused-ring (bicyclic) bond motifs is 2. The molecule has 0 N–H and O–H groups in total. The Morgan fingerprint density at radius 3 is 0.867 bits per heavy atom. The number of rotatable bonds is 8. The molecule has 0 aliphatic carbocycles. The third-order valence-corrected chi connectivity index (χ3v) is 10.7. The van der Waals surface area contributed by atoms with Gasteiger partial charge in [-0.2, -0.15) is 12.1 Å². The molecule has 10 aromatic carbocycles. The summed E-state index contributed by atoms with van der Waals surface area (Å²) in [7, 11) is 0. The van der Waals surface area contributed by atoms with Gasteiger partial charge >= 0.3 is 30.2 Å². The van der Waals surface area contributed by atoms with Crippen LogP contribution in [0.2, 0.25) is 0 Å². The van der Waals surface area contributed by atoms with Gasteiger partial charge in [0.25, 0.3) is 0 Å². The van der Waals surface area contributed by atoms with E-state index in [2.05, 4.69) is 237 Å². The van der Waals surface area contributed by atoms with Gasteiger partial charge in [0.2, 0.25) is 0 Å². The van der Waals surface area contributed by atoms with Crippen molar-refractivity contribution in [2.75, 3.05) is 0 Å². The molecule has 0 heterocycles. The quantitative estimate of drug-likeness (QED) is 0.105. The molecule has 0 spiro atoms. The summed E-state index contributed by atoms with van der Waals surface area (Å²) in [5, 5.41) is 5.33. The zero-order valence-corrected chi connectivity index (χ0v) is 37.8. The van der Waals surface area contributed by atoms with Gasteiger partial charge in [-0.05, 0) is 35.1 Å². The van der Waals surface area contributed by atoms with Gasteiger partial charge in [0.1, 0.15) is 0 Å². The van der Waals surface area contributed by atoms with Crippen LogP contribution in [0.25, 0.3) is 66.1 Å². The van der Waals surface area contributed by atoms with Gasteiger partial charge in [-0.1, -0.05) is 240 Å². The summed E-state index contributed by atoms with van der Waals surface area (Å²) in [6.45, 7) is 3.06. The third-order valence-electron chi connectivity index (χ3n) is 10.7. The molecule has 2 heteroatoms. The average molecular weight is 864 g/mol. The van der Waals surface area contributed by atoms with Crippen LogP contribution < -0.4 is 0 Å². The molecule has 292 valence electrons. The van der Waals surface area contributed by atoms with Gasteiger partial charge < -0.3 is 14.9 Å². The van der Waals surface area contributed by atoms with Gasteiger partial charge in [0, 0.05) is 0 Å². The fourth-order valence-corrected chi connectivity index (χ4v) is 8.06. The third kappa shape index (κ3) is 10.1. The average Bonchev–Trinajstić information content (AvgIpc) is 3.93. The molecule has 0 aromatic heterocycles. The Morgan fingerprint density at radius 2 is 0.567 bits per heavy atom. The molecule has 0 aliphatic heterocycles. The molecule has 0 aliphatic rings. The summed E-state index contributed by atoms with van der Waals surface area (Å²) in [4.78, 5) is 0. The number of hydrogen-bond donors (Lipinski definition) is 0. The second-order valence-electron chi connectivity index (χ2n) is 14.5. The fourth-order valence-electron chi connectivity index (χ4n) is 8.06. The maximum Gasteiger partial charge on any atom is -0.0204 e. The molecule has 0 nitrogen and oxygen atoms in total. The monoisotopic (exact) mass is 862 g/mol. The zero-order valence-electron chi connectivity index (χ0n) is 34.4. The molecule has 0 bridgehead atoms. The molecule has 0 saturated heterocycles. The van der Waals surface area contributed by atoms with Crippen LogP contribution in [0.3, 0.4) is 0 Å². The molecule has 60 heavy (non-hydrogen) atoms. The molecule has 0 amide bonds. The number of hydrogen-bond acceptors (Lipinski definition) is 0. The Hall–Kier alpha value is -5.92. The van der Waals surface area contributed by atoms with Crippen LogP contribution in [-0.4, -0.2) is 6.88 Å². The van der Waals surface area contributed by atoms with Crippen LogP contribution >= 0.6 is 0 Å².